The van der Waals surface area contributed by atoms with Crippen molar-refractivity contribution in [3.8, 4) is 0 Å². The fourth-order valence-electron chi connectivity index (χ4n) is 2.17. The number of amides is 1. The summed E-state index contributed by atoms with van der Waals surface area (Å²) in [5.74, 6) is -0.423. The van der Waals surface area contributed by atoms with Crippen LogP contribution in [-0.4, -0.2) is 17.1 Å². The topological polar surface area (TPSA) is 67.8 Å². The van der Waals surface area contributed by atoms with Gasteiger partial charge in [-0.3, -0.25) is 20.2 Å². The van der Waals surface area contributed by atoms with Crippen molar-refractivity contribution in [1.82, 2.24) is 10.4 Å². The normalized spacial score (nSPS) is 17.7. The van der Waals surface area contributed by atoms with Crippen molar-refractivity contribution in [2.45, 2.75) is 47.7 Å². The molecule has 5 nitrogen and oxygen atoms in total. The first kappa shape index (κ1) is 19.6. The fourth-order valence-corrected chi connectivity index (χ4v) is 2.17. The van der Waals surface area contributed by atoms with E-state index in [0.29, 0.717) is 10.6 Å². The summed E-state index contributed by atoms with van der Waals surface area (Å²) >= 11 is 0. The molecule has 0 aliphatic carbocycles. The van der Waals surface area contributed by atoms with E-state index in [1.807, 2.05) is 53.7 Å². The van der Waals surface area contributed by atoms with Crippen LogP contribution >= 0.6 is 0 Å². The summed E-state index contributed by atoms with van der Waals surface area (Å²) in [5, 5.41) is 15.3. The van der Waals surface area contributed by atoms with E-state index in [2.05, 4.69) is 10.4 Å². The van der Waals surface area contributed by atoms with Crippen LogP contribution in [0, 0.1) is 10.8 Å². The van der Waals surface area contributed by atoms with Crippen molar-refractivity contribution in [1.29, 1.82) is 0 Å². The minimum Gasteiger partial charge on any atom is -0.858 e. The molecule has 1 N–H and O–H groups in total. The molecule has 0 aromatic heterocycles. The third kappa shape index (κ3) is 4.10. The third-order valence-electron chi connectivity index (χ3n) is 3.54. The number of para-hydroxylation sites is 1. The van der Waals surface area contributed by atoms with Crippen LogP contribution in [0.3, 0.4) is 0 Å². The second-order valence-electron chi connectivity index (χ2n) is 7.75. The van der Waals surface area contributed by atoms with Crippen LogP contribution in [0.4, 0.5) is 0 Å². The zero-order chi connectivity index (χ0) is 16.7. The summed E-state index contributed by atoms with van der Waals surface area (Å²) in [7, 11) is 0. The fraction of sp³-hybridized carbons (Fsp3) is 0.529. The molecule has 1 atom stereocenters. The number of hydrogen-bond donors (Lipinski definition) is 1. The van der Waals surface area contributed by atoms with Gasteiger partial charge in [0, 0.05) is 16.0 Å². The third-order valence-corrected chi connectivity index (χ3v) is 3.54. The number of nitrogens with one attached hydrogen (secondary N) is 1. The van der Waals surface area contributed by atoms with Gasteiger partial charge in [0.1, 0.15) is 6.17 Å². The summed E-state index contributed by atoms with van der Waals surface area (Å²) < 4.78 is 0. The zero-order valence-electron chi connectivity index (χ0n) is 15.1. The van der Waals surface area contributed by atoms with Crippen molar-refractivity contribution in [2.75, 3.05) is 0 Å². The largest absolute Gasteiger partial charge is 1.00 e. The molecule has 0 radical (unpaired) electrons. The maximum atomic E-state index is 12.8. The molecule has 0 fully saturated rings. The summed E-state index contributed by atoms with van der Waals surface area (Å²) in [5.41, 5.74) is 1.88. The van der Waals surface area contributed by atoms with Crippen molar-refractivity contribution < 1.29 is 28.8 Å². The molecule has 0 spiro atoms. The Labute approximate surface area is 149 Å². The zero-order valence-corrected chi connectivity index (χ0v) is 15.1. The predicted octanol–water partition coefficient (Wildman–Crippen LogP) is -2.50. The molecular weight excluding hydrogens is 285 g/mol. The van der Waals surface area contributed by atoms with Gasteiger partial charge in [-0.15, -0.1) is 0 Å². The van der Waals surface area contributed by atoms with Gasteiger partial charge in [0.2, 0.25) is 5.91 Å². The maximum Gasteiger partial charge on any atom is 1.00 e. The second-order valence-corrected chi connectivity index (χ2v) is 7.75. The Balaban J connectivity index is 0.00000264. The number of carbonyl (C=O) groups is 1. The van der Waals surface area contributed by atoms with Crippen molar-refractivity contribution in [2.24, 2.45) is 15.8 Å². The minimum absolute atomic E-state index is 0. The standard InChI is InChI=1S/C17H25N3O2.Li/c1-16(2,3)14-18-12-10-8-7-9-11(12)13(21)20(14)19-15(22)17(4,5)6;/h7-10,14,21H,1-6H3,(H,19,22);/q;+1/p-1. The van der Waals surface area contributed by atoms with Gasteiger partial charge in [-0.05, 0) is 11.9 Å². The molecule has 0 bridgehead atoms. The summed E-state index contributed by atoms with van der Waals surface area (Å²) in [4.78, 5) is 17.0. The van der Waals surface area contributed by atoms with Crippen LogP contribution in [0.15, 0.2) is 29.3 Å². The molecule has 2 rings (SSSR count). The molecule has 1 aliphatic rings. The van der Waals surface area contributed by atoms with Crippen LogP contribution in [0.5, 0.6) is 0 Å². The molecular formula is C17H24LiN3O2. The Morgan fingerprint density at radius 3 is 2.26 bits per heavy atom. The van der Waals surface area contributed by atoms with Crippen LogP contribution in [-0.2, 0) is 4.79 Å². The van der Waals surface area contributed by atoms with Crippen LogP contribution in [0.1, 0.15) is 41.5 Å². The molecule has 1 amide bonds. The molecule has 1 aromatic rings. The molecule has 23 heavy (non-hydrogen) atoms. The minimum atomic E-state index is -0.584. The maximum absolute atomic E-state index is 12.8. The number of fused-ring (bicyclic) bond motifs is 1. The van der Waals surface area contributed by atoms with Gasteiger partial charge in [-0.2, -0.15) is 0 Å². The Morgan fingerprint density at radius 2 is 1.74 bits per heavy atom. The van der Waals surface area contributed by atoms with Crippen molar-refractivity contribution in [3.05, 3.63) is 34.8 Å². The van der Waals surface area contributed by atoms with Gasteiger partial charge < -0.3 is 5.11 Å². The molecule has 1 heterocycles. The van der Waals surface area contributed by atoms with Gasteiger partial charge in [-0.1, -0.05) is 59.7 Å². The Kier molecular flexibility index (Phi) is 5.61. The number of hydrazine groups is 1. The molecule has 0 saturated heterocycles. The Hall–Kier alpha value is -1.44. The summed E-state index contributed by atoms with van der Waals surface area (Å²) in [6.07, 6.45) is -0.443. The SMILES string of the molecule is CC(C)(C)C(=O)NN1C([O-])=c2ccccc2=NC1C(C)(C)C.[Li+]. The number of rotatable bonds is 1. The molecule has 1 unspecified atom stereocenters. The van der Waals surface area contributed by atoms with Crippen molar-refractivity contribution >= 4 is 11.8 Å². The predicted molar refractivity (Wildman–Crippen MR) is 83.3 cm³/mol. The second kappa shape index (κ2) is 6.58. The van der Waals surface area contributed by atoms with Gasteiger partial charge in [0.05, 0.1) is 5.36 Å². The smallest absolute Gasteiger partial charge is 0.858 e. The van der Waals surface area contributed by atoms with Gasteiger partial charge in [-0.25, -0.2) is 0 Å². The van der Waals surface area contributed by atoms with E-state index in [4.69, 9.17) is 0 Å². The number of nitrogens with zero attached hydrogens (tertiary/aromatic N) is 2. The molecule has 6 heteroatoms. The van der Waals surface area contributed by atoms with E-state index < -0.39 is 11.6 Å². The van der Waals surface area contributed by atoms with Gasteiger partial charge in [0.15, 0.2) is 0 Å². The monoisotopic (exact) mass is 309 g/mol. The number of hydrogen-bond acceptors (Lipinski definition) is 4. The van der Waals surface area contributed by atoms with E-state index >= 15 is 0 Å². The van der Waals surface area contributed by atoms with Crippen molar-refractivity contribution in [3.63, 3.8) is 0 Å². The van der Waals surface area contributed by atoms with E-state index in [-0.39, 0.29) is 36.1 Å². The Bertz CT molecular complexity index is 702. The van der Waals surface area contributed by atoms with E-state index in [0.717, 1.165) is 0 Å². The first-order valence-corrected chi connectivity index (χ1v) is 7.46. The van der Waals surface area contributed by atoms with Crippen LogP contribution in [0.25, 0.3) is 5.88 Å². The van der Waals surface area contributed by atoms with Gasteiger partial charge in [0.25, 0.3) is 0 Å². The molecule has 1 aromatic carbocycles. The summed E-state index contributed by atoms with van der Waals surface area (Å²) in [6, 6.07) is 7.22. The first-order chi connectivity index (χ1) is 10.0. The molecule has 120 valence electrons. The number of carbonyl (C=O) groups excluding carboxylic acids is 1. The van der Waals surface area contributed by atoms with Crippen LogP contribution < -0.4 is 40.0 Å². The number of benzene rings is 1. The Morgan fingerprint density at radius 1 is 1.17 bits per heavy atom. The average molecular weight is 309 g/mol. The first-order valence-electron chi connectivity index (χ1n) is 7.46. The van der Waals surface area contributed by atoms with Gasteiger partial charge >= 0.3 is 18.9 Å². The average Bonchev–Trinajstić information content (AvgIpc) is 2.39. The van der Waals surface area contributed by atoms with E-state index in [1.165, 1.54) is 5.01 Å². The van der Waals surface area contributed by atoms with E-state index in [1.54, 1.807) is 12.1 Å². The van der Waals surface area contributed by atoms with Crippen LogP contribution in [0.2, 0.25) is 0 Å². The quantitative estimate of drug-likeness (QED) is 0.583. The van der Waals surface area contributed by atoms with E-state index in [9.17, 15) is 9.90 Å². The molecule has 1 aliphatic heterocycles. The molecule has 0 saturated carbocycles. The summed E-state index contributed by atoms with van der Waals surface area (Å²) in [6.45, 7) is 11.4.